The van der Waals surface area contributed by atoms with Crippen LogP contribution in [-0.4, -0.2) is 36.1 Å². The Morgan fingerprint density at radius 3 is 2.80 bits per heavy atom. The van der Waals surface area contributed by atoms with Crippen LogP contribution in [0.4, 0.5) is 0 Å². The molecule has 2 unspecified atom stereocenters. The molecule has 0 aromatic carbocycles. The van der Waals surface area contributed by atoms with E-state index in [1.807, 2.05) is 0 Å². The van der Waals surface area contributed by atoms with Crippen molar-refractivity contribution in [3.8, 4) is 0 Å². The zero-order chi connectivity index (χ0) is 11.0. The third kappa shape index (κ3) is 7.73. The largest absolute Gasteiger partial charge is 0.559 e. The summed E-state index contributed by atoms with van der Waals surface area (Å²) in [6.07, 6.45) is 2.84. The first kappa shape index (κ1) is 17.2. The topological polar surface area (TPSA) is 54.1 Å². The summed E-state index contributed by atoms with van der Waals surface area (Å²) in [5.41, 5.74) is 0. The van der Waals surface area contributed by atoms with E-state index in [4.69, 9.17) is 6.57 Å². The molecule has 0 heterocycles. The first-order valence-electron chi connectivity index (χ1n) is 3.75. The fourth-order valence-corrected chi connectivity index (χ4v) is 1.03. The van der Waals surface area contributed by atoms with Crippen LogP contribution in [0.1, 0.15) is 0 Å². The van der Waals surface area contributed by atoms with Gasteiger partial charge in [-0.1, -0.05) is 0 Å². The van der Waals surface area contributed by atoms with Crippen molar-refractivity contribution in [2.45, 2.75) is 0 Å². The summed E-state index contributed by atoms with van der Waals surface area (Å²) in [5.74, 6) is -0.679. The van der Waals surface area contributed by atoms with Crippen molar-refractivity contribution in [1.82, 2.24) is 5.01 Å². The molecule has 0 aliphatic heterocycles. The Hall–Kier alpha value is -0.166. The molecule has 0 spiro atoms. The van der Waals surface area contributed by atoms with Gasteiger partial charge < -0.3 is 14.6 Å². The molecule has 7 heteroatoms. The van der Waals surface area contributed by atoms with Gasteiger partial charge in [0.15, 0.2) is 5.78 Å². The van der Waals surface area contributed by atoms with E-state index in [0.29, 0.717) is 11.2 Å². The van der Waals surface area contributed by atoms with Crippen LogP contribution < -0.4 is 0 Å². The predicted molar refractivity (Wildman–Crippen MR) is 55.9 cm³/mol. The number of amides is 1. The van der Waals surface area contributed by atoms with Gasteiger partial charge in [0.1, 0.15) is 0 Å². The quantitative estimate of drug-likeness (QED) is 0.230. The molecule has 0 aromatic rings. The van der Waals surface area contributed by atoms with Crippen LogP contribution in [0.2, 0.25) is 0 Å². The van der Waals surface area contributed by atoms with Crippen molar-refractivity contribution in [2.75, 3.05) is 12.7 Å². The van der Waals surface area contributed by atoms with Gasteiger partial charge in [-0.2, -0.15) is 6.41 Å². The third-order valence-electron chi connectivity index (χ3n) is 1.43. The van der Waals surface area contributed by atoms with Crippen LogP contribution >= 0.6 is 9.24 Å². The number of nitrogens with zero attached hydrogens (tertiary/aromatic N) is 3. The van der Waals surface area contributed by atoms with Crippen molar-refractivity contribution in [3.05, 3.63) is 18.5 Å². The molecular formula is C8H10N3O2PY-2. The minimum atomic E-state index is -0.388. The minimum absolute atomic E-state index is 0. The standard InChI is InChI=1S/C8H10N3O2P.Y/c1-9-3-7(5-14)8(13)4-10-11(2)6-12;/h4,7H,2-3,5,14H2;/q-2;. The van der Waals surface area contributed by atoms with E-state index in [0.717, 1.165) is 6.21 Å². The van der Waals surface area contributed by atoms with Crippen LogP contribution in [0, 0.1) is 19.5 Å². The third-order valence-corrected chi connectivity index (χ3v) is 2.00. The zero-order valence-corrected chi connectivity index (χ0v) is 12.1. The second-order valence-electron chi connectivity index (χ2n) is 2.41. The summed E-state index contributed by atoms with van der Waals surface area (Å²) in [6.45, 7) is 6.74. The first-order valence-corrected chi connectivity index (χ1v) is 4.56. The van der Waals surface area contributed by atoms with Crippen molar-refractivity contribution in [3.63, 3.8) is 0 Å². The fraction of sp³-hybridized carbons (Fsp3) is 0.375. The number of Topliss-reactive ketones (excluding diaryl/α,β-unsaturated/α-hetero) is 1. The SMILES string of the molecule is [C-]#[N+]CC(CP)C(=O)C=NN([CH2-])[C-]=O.[Y]. The second kappa shape index (κ2) is 10.4. The number of hydrazone groups is 1. The minimum Gasteiger partial charge on any atom is -0.559 e. The maximum Gasteiger partial charge on any atom is 0.225 e. The number of hydrogen-bond donors (Lipinski definition) is 0. The summed E-state index contributed by atoms with van der Waals surface area (Å²) in [7, 11) is 5.54. The smallest absolute Gasteiger partial charge is 0.225 e. The summed E-state index contributed by atoms with van der Waals surface area (Å²) in [6, 6.07) is 0. The van der Waals surface area contributed by atoms with Crippen molar-refractivity contribution >= 4 is 27.6 Å². The van der Waals surface area contributed by atoms with Crippen molar-refractivity contribution in [2.24, 2.45) is 11.0 Å². The van der Waals surface area contributed by atoms with Crippen molar-refractivity contribution in [1.29, 1.82) is 0 Å². The molecule has 1 radical (unpaired) electrons. The Morgan fingerprint density at radius 2 is 2.40 bits per heavy atom. The molecule has 0 aromatic heterocycles. The number of carbonyl (C=O) groups excluding carboxylic acids is 2. The molecule has 0 rings (SSSR count). The van der Waals surface area contributed by atoms with E-state index in [1.54, 1.807) is 0 Å². The number of carbonyl (C=O) groups is 1. The molecule has 0 saturated heterocycles. The monoisotopic (exact) mass is 300 g/mol. The Kier molecular flexibility index (Phi) is 11.9. The molecular weight excluding hydrogens is 290 g/mol. The van der Waals surface area contributed by atoms with Gasteiger partial charge in [0.05, 0.1) is 12.1 Å². The molecule has 0 aliphatic rings. The van der Waals surface area contributed by atoms with Gasteiger partial charge in [0.25, 0.3) is 0 Å². The van der Waals surface area contributed by atoms with E-state index in [-0.39, 0.29) is 51.0 Å². The van der Waals surface area contributed by atoms with Gasteiger partial charge in [-0.3, -0.25) is 11.8 Å². The molecule has 5 nitrogen and oxygen atoms in total. The average Bonchev–Trinajstić information content (AvgIpc) is 2.21. The Labute approximate surface area is 117 Å². The van der Waals surface area contributed by atoms with E-state index in [9.17, 15) is 9.59 Å². The first-order chi connectivity index (χ1) is 6.65. The van der Waals surface area contributed by atoms with Crippen LogP contribution in [0.5, 0.6) is 0 Å². The molecule has 0 saturated carbocycles. The maximum absolute atomic E-state index is 11.3. The van der Waals surface area contributed by atoms with Gasteiger partial charge in [0.2, 0.25) is 6.54 Å². The molecule has 1 amide bonds. The van der Waals surface area contributed by atoms with Gasteiger partial charge >= 0.3 is 0 Å². The molecule has 0 aliphatic carbocycles. The molecule has 15 heavy (non-hydrogen) atoms. The molecule has 0 bridgehead atoms. The van der Waals surface area contributed by atoms with E-state index < -0.39 is 0 Å². The van der Waals surface area contributed by atoms with E-state index in [2.05, 4.69) is 26.2 Å². The Morgan fingerprint density at radius 1 is 1.80 bits per heavy atom. The van der Waals surface area contributed by atoms with Gasteiger partial charge in [0, 0.05) is 32.7 Å². The number of rotatable bonds is 6. The summed E-state index contributed by atoms with van der Waals surface area (Å²) in [5, 5.41) is 4.03. The van der Waals surface area contributed by atoms with E-state index in [1.165, 1.54) is 6.41 Å². The molecule has 0 fully saturated rings. The maximum atomic E-state index is 11.3. The van der Waals surface area contributed by atoms with Gasteiger partial charge in [-0.05, 0) is 6.16 Å². The summed E-state index contributed by atoms with van der Waals surface area (Å²) >= 11 is 0. The van der Waals surface area contributed by atoms with Crippen molar-refractivity contribution < 1.29 is 42.3 Å². The molecule has 79 valence electrons. The fourth-order valence-electron chi connectivity index (χ4n) is 0.646. The van der Waals surface area contributed by atoms with Crippen LogP contribution in [0.25, 0.3) is 4.85 Å². The average molecular weight is 300 g/mol. The number of ketones is 1. The molecule has 0 N–H and O–H groups in total. The van der Waals surface area contributed by atoms with Gasteiger partial charge in [-0.15, -0.1) is 9.24 Å². The van der Waals surface area contributed by atoms with Crippen LogP contribution in [-0.2, 0) is 42.3 Å². The van der Waals surface area contributed by atoms with Crippen LogP contribution in [0.15, 0.2) is 5.10 Å². The van der Waals surface area contributed by atoms with E-state index >= 15 is 0 Å². The molecule has 2 atom stereocenters. The Balaban J connectivity index is 0. The normalized spacial score (nSPS) is 11.3. The van der Waals surface area contributed by atoms with Gasteiger partial charge in [-0.25, -0.2) is 11.7 Å². The zero-order valence-electron chi connectivity index (χ0n) is 8.09. The van der Waals surface area contributed by atoms with Crippen LogP contribution in [0.3, 0.4) is 0 Å². The second-order valence-corrected chi connectivity index (χ2v) is 2.88. The Bertz CT molecular complexity index is 278. The number of hydrogen-bond acceptors (Lipinski definition) is 3. The summed E-state index contributed by atoms with van der Waals surface area (Å²) < 4.78 is 0. The predicted octanol–water partition coefficient (Wildman–Crippen LogP) is 0.110. The summed E-state index contributed by atoms with van der Waals surface area (Å²) in [4.78, 5) is 24.4.